The van der Waals surface area contributed by atoms with Crippen molar-refractivity contribution in [2.75, 3.05) is 6.61 Å². The van der Waals surface area contributed by atoms with Gasteiger partial charge in [-0.15, -0.1) is 0 Å². The lowest BCUT2D eigenvalue weighted by Gasteiger charge is -2.29. The van der Waals surface area contributed by atoms with Crippen LogP contribution in [0.2, 0.25) is 0 Å². The van der Waals surface area contributed by atoms with E-state index in [1.54, 1.807) is 24.3 Å². The quantitative estimate of drug-likeness (QED) is 0.892. The maximum atomic E-state index is 11.8. The molecule has 122 valence electrons. The summed E-state index contributed by atoms with van der Waals surface area (Å²) in [6, 6.07) is 8.06. The summed E-state index contributed by atoms with van der Waals surface area (Å²) in [6.07, 6.45) is 4.34. The summed E-state index contributed by atoms with van der Waals surface area (Å²) in [6.45, 7) is 1.86. The first kappa shape index (κ1) is 16.8. The zero-order chi connectivity index (χ0) is 16.7. The number of nitrogens with zero attached hydrogens (tertiary/aromatic N) is 1. The Kier molecular flexibility index (Phi) is 5.98. The van der Waals surface area contributed by atoms with Gasteiger partial charge in [-0.25, -0.2) is 4.79 Å². The predicted octanol–water partition coefficient (Wildman–Crippen LogP) is 2.34. The molecular weight excluding hydrogens is 294 g/mol. The van der Waals surface area contributed by atoms with E-state index < -0.39 is 11.9 Å². The fourth-order valence-corrected chi connectivity index (χ4v) is 2.67. The van der Waals surface area contributed by atoms with E-state index in [0.29, 0.717) is 17.2 Å². The van der Waals surface area contributed by atoms with Gasteiger partial charge in [0.05, 0.1) is 11.6 Å². The van der Waals surface area contributed by atoms with Crippen molar-refractivity contribution in [3.63, 3.8) is 0 Å². The van der Waals surface area contributed by atoms with E-state index in [-0.39, 0.29) is 12.6 Å². The van der Waals surface area contributed by atoms with E-state index in [1.165, 1.54) is 6.42 Å². The van der Waals surface area contributed by atoms with Crippen LogP contribution in [-0.4, -0.2) is 24.6 Å². The van der Waals surface area contributed by atoms with Gasteiger partial charge in [-0.1, -0.05) is 19.8 Å². The van der Waals surface area contributed by atoms with Crippen molar-refractivity contribution >= 4 is 11.9 Å². The van der Waals surface area contributed by atoms with E-state index in [1.807, 2.05) is 6.07 Å². The van der Waals surface area contributed by atoms with Crippen LogP contribution in [0.4, 0.5) is 4.79 Å². The lowest BCUT2D eigenvalue weighted by molar-refractivity contribution is -0.122. The molecule has 0 heterocycles. The Labute approximate surface area is 135 Å². The highest BCUT2D eigenvalue weighted by Crippen LogP contribution is 2.23. The molecule has 2 rings (SSSR count). The Balaban J connectivity index is 1.73. The number of ether oxygens (including phenoxy) is 1. The first-order valence-corrected chi connectivity index (χ1v) is 7.82. The molecule has 1 aliphatic carbocycles. The van der Waals surface area contributed by atoms with Crippen LogP contribution in [0.25, 0.3) is 0 Å². The van der Waals surface area contributed by atoms with Crippen LogP contribution in [0.3, 0.4) is 0 Å². The van der Waals surface area contributed by atoms with Gasteiger partial charge in [0, 0.05) is 6.04 Å². The van der Waals surface area contributed by atoms with Gasteiger partial charge in [-0.3, -0.25) is 10.1 Å². The van der Waals surface area contributed by atoms with Gasteiger partial charge in [-0.05, 0) is 43.0 Å². The van der Waals surface area contributed by atoms with Gasteiger partial charge in [0.2, 0.25) is 0 Å². The van der Waals surface area contributed by atoms with Crippen molar-refractivity contribution in [2.45, 2.75) is 38.6 Å². The molecule has 2 atom stereocenters. The van der Waals surface area contributed by atoms with Gasteiger partial charge in [-0.2, -0.15) is 5.26 Å². The first-order valence-electron chi connectivity index (χ1n) is 7.82. The highest BCUT2D eigenvalue weighted by molar-refractivity contribution is 5.95. The van der Waals surface area contributed by atoms with Gasteiger partial charge in [0.1, 0.15) is 5.75 Å². The summed E-state index contributed by atoms with van der Waals surface area (Å²) in [4.78, 5) is 23.6. The zero-order valence-electron chi connectivity index (χ0n) is 13.2. The lowest BCUT2D eigenvalue weighted by Crippen LogP contribution is -2.48. The molecule has 0 saturated heterocycles. The molecule has 0 spiro atoms. The summed E-state index contributed by atoms with van der Waals surface area (Å²) in [5.41, 5.74) is 0.516. The molecule has 0 aliphatic heterocycles. The van der Waals surface area contributed by atoms with Crippen molar-refractivity contribution in [2.24, 2.45) is 5.92 Å². The number of carbonyl (C=O) groups excluding carboxylic acids is 2. The molecule has 1 fully saturated rings. The second-order valence-corrected chi connectivity index (χ2v) is 5.81. The highest BCUT2D eigenvalue weighted by Gasteiger charge is 2.23. The van der Waals surface area contributed by atoms with Crippen LogP contribution in [-0.2, 0) is 4.79 Å². The van der Waals surface area contributed by atoms with Crippen molar-refractivity contribution in [3.05, 3.63) is 29.8 Å². The molecule has 1 aliphatic rings. The van der Waals surface area contributed by atoms with Crippen LogP contribution >= 0.6 is 0 Å². The van der Waals surface area contributed by atoms with Crippen LogP contribution in [0.5, 0.6) is 5.75 Å². The van der Waals surface area contributed by atoms with Crippen LogP contribution in [0, 0.1) is 17.2 Å². The number of nitrogens with one attached hydrogen (secondary N) is 2. The fraction of sp³-hybridized carbons (Fsp3) is 0.471. The van der Waals surface area contributed by atoms with Crippen molar-refractivity contribution in [1.82, 2.24) is 10.6 Å². The summed E-state index contributed by atoms with van der Waals surface area (Å²) in [7, 11) is 0. The fourth-order valence-electron chi connectivity index (χ4n) is 2.67. The maximum Gasteiger partial charge on any atom is 0.321 e. The number of nitriles is 1. The zero-order valence-corrected chi connectivity index (χ0v) is 13.2. The highest BCUT2D eigenvalue weighted by atomic mass is 16.5. The van der Waals surface area contributed by atoms with Crippen LogP contribution in [0.1, 0.15) is 38.2 Å². The van der Waals surface area contributed by atoms with E-state index in [4.69, 9.17) is 10.00 Å². The minimum absolute atomic E-state index is 0.121. The topological polar surface area (TPSA) is 91.2 Å². The van der Waals surface area contributed by atoms with Crippen molar-refractivity contribution < 1.29 is 14.3 Å². The Morgan fingerprint density at radius 3 is 2.61 bits per heavy atom. The van der Waals surface area contributed by atoms with Crippen LogP contribution in [0.15, 0.2) is 24.3 Å². The van der Waals surface area contributed by atoms with Gasteiger partial charge in [0.15, 0.2) is 6.61 Å². The van der Waals surface area contributed by atoms with E-state index in [9.17, 15) is 9.59 Å². The molecule has 6 heteroatoms. The number of rotatable bonds is 4. The number of benzene rings is 1. The SMILES string of the molecule is C[C@H]1CCCC[C@@H]1NC(=O)NC(=O)COc1ccc(C#N)cc1. The average molecular weight is 315 g/mol. The van der Waals surface area contributed by atoms with E-state index in [0.717, 1.165) is 19.3 Å². The monoisotopic (exact) mass is 315 g/mol. The van der Waals surface area contributed by atoms with E-state index in [2.05, 4.69) is 17.6 Å². The Morgan fingerprint density at radius 1 is 1.26 bits per heavy atom. The Bertz CT molecular complexity index is 592. The standard InChI is InChI=1S/C17H21N3O3/c1-12-4-2-3-5-15(12)19-17(22)20-16(21)11-23-14-8-6-13(10-18)7-9-14/h6-9,12,15H,2-5,11H2,1H3,(H2,19,20,21,22)/t12-,15-/m0/s1. The molecule has 0 aromatic heterocycles. The third-order valence-electron chi connectivity index (χ3n) is 4.03. The summed E-state index contributed by atoms with van der Waals surface area (Å²) >= 11 is 0. The largest absolute Gasteiger partial charge is 0.484 e. The van der Waals surface area contributed by atoms with Crippen LogP contribution < -0.4 is 15.4 Å². The molecule has 23 heavy (non-hydrogen) atoms. The molecule has 0 unspecified atom stereocenters. The number of imide groups is 1. The predicted molar refractivity (Wildman–Crippen MR) is 84.7 cm³/mol. The summed E-state index contributed by atoms with van der Waals surface area (Å²) < 4.78 is 5.28. The number of urea groups is 1. The number of carbonyl (C=O) groups is 2. The summed E-state index contributed by atoms with van der Waals surface area (Å²) in [5.74, 6) is 0.398. The van der Waals surface area contributed by atoms with Gasteiger partial charge in [0.25, 0.3) is 5.91 Å². The lowest BCUT2D eigenvalue weighted by atomic mass is 9.86. The molecule has 0 radical (unpaired) electrons. The van der Waals surface area contributed by atoms with Crippen molar-refractivity contribution in [3.8, 4) is 11.8 Å². The third kappa shape index (κ3) is 5.29. The molecule has 3 amide bonds. The second kappa shape index (κ2) is 8.18. The molecule has 1 aromatic rings. The van der Waals surface area contributed by atoms with E-state index >= 15 is 0 Å². The average Bonchev–Trinajstić information content (AvgIpc) is 2.55. The second-order valence-electron chi connectivity index (χ2n) is 5.81. The number of hydrogen-bond donors (Lipinski definition) is 2. The summed E-state index contributed by atoms with van der Waals surface area (Å²) in [5, 5.41) is 13.8. The number of hydrogen-bond acceptors (Lipinski definition) is 4. The molecular formula is C17H21N3O3. The molecule has 6 nitrogen and oxygen atoms in total. The molecule has 0 bridgehead atoms. The normalized spacial score (nSPS) is 20.2. The minimum atomic E-state index is -0.504. The van der Waals surface area contributed by atoms with Gasteiger partial charge < -0.3 is 10.1 Å². The molecule has 1 saturated carbocycles. The van der Waals surface area contributed by atoms with Gasteiger partial charge >= 0.3 is 6.03 Å². The Hall–Kier alpha value is -2.55. The molecule has 2 N–H and O–H groups in total. The number of amides is 3. The van der Waals surface area contributed by atoms with Crippen molar-refractivity contribution in [1.29, 1.82) is 5.26 Å². The molecule has 1 aromatic carbocycles. The smallest absolute Gasteiger partial charge is 0.321 e. The minimum Gasteiger partial charge on any atom is -0.484 e. The third-order valence-corrected chi connectivity index (χ3v) is 4.03. The Morgan fingerprint density at radius 2 is 1.96 bits per heavy atom. The first-order chi connectivity index (χ1) is 11.1. The maximum absolute atomic E-state index is 11.8.